The summed E-state index contributed by atoms with van der Waals surface area (Å²) >= 11 is 0. The molecule has 0 aromatic heterocycles. The maximum Gasteiger partial charge on any atom is 0.200 e. The Morgan fingerprint density at radius 2 is 1.67 bits per heavy atom. The fourth-order valence-corrected chi connectivity index (χ4v) is 2.30. The van der Waals surface area contributed by atoms with Gasteiger partial charge in [-0.3, -0.25) is 4.79 Å². The number of hydrogen-bond acceptors (Lipinski definition) is 3. The van der Waals surface area contributed by atoms with Gasteiger partial charge in [0.15, 0.2) is 15.6 Å². The summed E-state index contributed by atoms with van der Waals surface area (Å²) in [5.41, 5.74) is 0.235. The fraction of sp³-hybridized carbons (Fsp3) is 0.182. The molecule has 0 aliphatic rings. The predicted octanol–water partition coefficient (Wildman–Crippen LogP) is 1.95. The number of Topliss-reactive ketones (excluding diaryl/α,β-unsaturated/α-hetero) is 1. The van der Waals surface area contributed by atoms with Gasteiger partial charge in [-0.1, -0.05) is 18.2 Å². The van der Waals surface area contributed by atoms with Crippen LogP contribution in [-0.2, 0) is 14.6 Å². The van der Waals surface area contributed by atoms with E-state index in [1.165, 1.54) is 26.0 Å². The highest BCUT2D eigenvalue weighted by molar-refractivity contribution is 7.94. The van der Waals surface area contributed by atoms with Crippen molar-refractivity contribution < 1.29 is 13.2 Å². The lowest BCUT2D eigenvalue weighted by atomic mass is 10.2. The van der Waals surface area contributed by atoms with Gasteiger partial charge >= 0.3 is 0 Å². The first kappa shape index (κ1) is 11.7. The molecular formula is C11H12O3S. The van der Waals surface area contributed by atoms with E-state index in [9.17, 15) is 13.2 Å². The Hall–Kier alpha value is -1.42. The third kappa shape index (κ3) is 3.02. The third-order valence-electron chi connectivity index (χ3n) is 1.96. The average molecular weight is 224 g/mol. The van der Waals surface area contributed by atoms with E-state index in [0.717, 1.165) is 5.41 Å². The highest BCUT2D eigenvalue weighted by Crippen LogP contribution is 2.13. The predicted molar refractivity (Wildman–Crippen MR) is 58.1 cm³/mol. The molecule has 0 atom stereocenters. The number of rotatable bonds is 3. The van der Waals surface area contributed by atoms with E-state index in [1.54, 1.807) is 18.2 Å². The molecule has 4 heteroatoms. The van der Waals surface area contributed by atoms with Crippen LogP contribution < -0.4 is 0 Å². The minimum Gasteiger partial charge on any atom is -0.295 e. The molecule has 0 N–H and O–H groups in total. The van der Waals surface area contributed by atoms with Crippen molar-refractivity contribution in [3.63, 3.8) is 0 Å². The molecule has 0 aliphatic heterocycles. The topological polar surface area (TPSA) is 51.2 Å². The molecule has 0 aliphatic carbocycles. The molecule has 80 valence electrons. The van der Waals surface area contributed by atoms with Gasteiger partial charge in [-0.25, -0.2) is 8.42 Å². The lowest BCUT2D eigenvalue weighted by molar-refractivity contribution is -0.113. The van der Waals surface area contributed by atoms with Gasteiger partial charge in [-0.2, -0.15) is 0 Å². The zero-order chi connectivity index (χ0) is 11.5. The van der Waals surface area contributed by atoms with Gasteiger partial charge < -0.3 is 0 Å². The molecule has 3 nitrogen and oxygen atoms in total. The first-order valence-corrected chi connectivity index (χ1v) is 5.97. The van der Waals surface area contributed by atoms with E-state index < -0.39 is 9.84 Å². The lowest BCUT2D eigenvalue weighted by Crippen LogP contribution is -2.00. The number of ketones is 1. The molecule has 1 aromatic carbocycles. The summed E-state index contributed by atoms with van der Waals surface area (Å²) in [5.74, 6) is -0.241. The maximum absolute atomic E-state index is 11.7. The second kappa shape index (κ2) is 4.40. The molecule has 0 spiro atoms. The molecule has 15 heavy (non-hydrogen) atoms. The van der Waals surface area contributed by atoms with Crippen molar-refractivity contribution in [1.29, 1.82) is 0 Å². The van der Waals surface area contributed by atoms with E-state index in [4.69, 9.17) is 0 Å². The Morgan fingerprint density at radius 1 is 1.13 bits per heavy atom. The highest BCUT2D eigenvalue weighted by Gasteiger charge is 2.11. The maximum atomic E-state index is 11.7. The molecule has 0 saturated carbocycles. The molecule has 1 rings (SSSR count). The monoisotopic (exact) mass is 224 g/mol. The van der Waals surface area contributed by atoms with Crippen LogP contribution in [0, 0.1) is 0 Å². The standard InChI is InChI=1S/C11H12O3S/c1-9(10(2)12)8-15(13,14)11-6-4-3-5-7-11/h3-8H,1-2H3/b9-8+. The highest BCUT2D eigenvalue weighted by atomic mass is 32.2. The summed E-state index contributed by atoms with van der Waals surface area (Å²) in [6.07, 6.45) is 0. The average Bonchev–Trinajstić information content (AvgIpc) is 2.18. The summed E-state index contributed by atoms with van der Waals surface area (Å²) < 4.78 is 23.4. The van der Waals surface area contributed by atoms with E-state index in [0.29, 0.717) is 0 Å². The Bertz CT molecular complexity index is 484. The van der Waals surface area contributed by atoms with Gasteiger partial charge in [0.2, 0.25) is 0 Å². The van der Waals surface area contributed by atoms with E-state index in [2.05, 4.69) is 0 Å². The van der Waals surface area contributed by atoms with E-state index >= 15 is 0 Å². The molecule has 0 unspecified atom stereocenters. The van der Waals surface area contributed by atoms with Gasteiger partial charge in [-0.05, 0) is 26.0 Å². The summed E-state index contributed by atoms with van der Waals surface area (Å²) in [6.45, 7) is 2.83. The Kier molecular flexibility index (Phi) is 3.42. The molecular weight excluding hydrogens is 212 g/mol. The van der Waals surface area contributed by atoms with Crippen LogP contribution in [0.2, 0.25) is 0 Å². The SMILES string of the molecule is CC(=O)/C(C)=C/S(=O)(=O)c1ccccc1. The Balaban J connectivity index is 3.17. The number of sulfone groups is 1. The van der Waals surface area contributed by atoms with Crippen LogP contribution in [0.15, 0.2) is 46.2 Å². The largest absolute Gasteiger partial charge is 0.295 e. The van der Waals surface area contributed by atoms with Crippen LogP contribution in [0.25, 0.3) is 0 Å². The van der Waals surface area contributed by atoms with Crippen LogP contribution in [-0.4, -0.2) is 14.2 Å². The number of hydrogen-bond donors (Lipinski definition) is 0. The first-order chi connectivity index (χ1) is 6.93. The zero-order valence-corrected chi connectivity index (χ0v) is 9.41. The summed E-state index contributed by atoms with van der Waals surface area (Å²) in [7, 11) is -3.49. The number of benzene rings is 1. The first-order valence-electron chi connectivity index (χ1n) is 4.43. The Morgan fingerprint density at radius 3 is 2.13 bits per heavy atom. The van der Waals surface area contributed by atoms with Crippen molar-refractivity contribution in [2.24, 2.45) is 0 Å². The molecule has 0 saturated heterocycles. The zero-order valence-electron chi connectivity index (χ0n) is 8.60. The van der Waals surface area contributed by atoms with E-state index in [1.807, 2.05) is 0 Å². The molecule has 0 heterocycles. The van der Waals surface area contributed by atoms with E-state index in [-0.39, 0.29) is 16.3 Å². The van der Waals surface area contributed by atoms with Crippen molar-refractivity contribution in [1.82, 2.24) is 0 Å². The van der Waals surface area contributed by atoms with Crippen molar-refractivity contribution >= 4 is 15.6 Å². The van der Waals surface area contributed by atoms with Gasteiger partial charge in [0.05, 0.1) is 4.90 Å². The van der Waals surface area contributed by atoms with Crippen LogP contribution in [0.3, 0.4) is 0 Å². The third-order valence-corrected chi connectivity index (χ3v) is 3.55. The molecule has 0 amide bonds. The quantitative estimate of drug-likeness (QED) is 0.737. The minimum absolute atomic E-state index is 0.200. The molecule has 0 bridgehead atoms. The van der Waals surface area contributed by atoms with Gasteiger partial charge in [0.25, 0.3) is 0 Å². The summed E-state index contributed by atoms with van der Waals surface area (Å²) in [4.78, 5) is 11.1. The minimum atomic E-state index is -3.49. The van der Waals surface area contributed by atoms with Crippen molar-refractivity contribution in [3.05, 3.63) is 41.3 Å². The molecule has 0 radical (unpaired) electrons. The lowest BCUT2D eigenvalue weighted by Gasteiger charge is -1.99. The summed E-state index contributed by atoms with van der Waals surface area (Å²) in [5, 5.41) is 1.00. The van der Waals surface area contributed by atoms with Crippen LogP contribution in [0.1, 0.15) is 13.8 Å². The molecule has 0 fully saturated rings. The van der Waals surface area contributed by atoms with Crippen LogP contribution in [0.4, 0.5) is 0 Å². The second-order valence-electron chi connectivity index (χ2n) is 3.22. The Labute approximate surface area is 89.4 Å². The number of carbonyl (C=O) groups is 1. The summed E-state index contributed by atoms with van der Waals surface area (Å²) in [6, 6.07) is 8.02. The number of carbonyl (C=O) groups excluding carboxylic acids is 1. The molecule has 1 aromatic rings. The second-order valence-corrected chi connectivity index (χ2v) is 5.01. The van der Waals surface area contributed by atoms with Gasteiger partial charge in [0.1, 0.15) is 0 Å². The fourth-order valence-electron chi connectivity index (χ4n) is 0.994. The number of allylic oxidation sites excluding steroid dienone is 1. The smallest absolute Gasteiger partial charge is 0.200 e. The van der Waals surface area contributed by atoms with Crippen LogP contribution in [0.5, 0.6) is 0 Å². The van der Waals surface area contributed by atoms with Gasteiger partial charge in [0, 0.05) is 11.0 Å². The van der Waals surface area contributed by atoms with Crippen molar-refractivity contribution in [2.45, 2.75) is 18.7 Å². The van der Waals surface area contributed by atoms with Crippen molar-refractivity contribution in [2.75, 3.05) is 0 Å². The normalized spacial score (nSPS) is 12.5. The van der Waals surface area contributed by atoms with Gasteiger partial charge in [-0.15, -0.1) is 0 Å². The van der Waals surface area contributed by atoms with Crippen LogP contribution >= 0.6 is 0 Å². The van der Waals surface area contributed by atoms with Crippen molar-refractivity contribution in [3.8, 4) is 0 Å².